The summed E-state index contributed by atoms with van der Waals surface area (Å²) in [5.41, 5.74) is 4.58. The van der Waals surface area contributed by atoms with Crippen LogP contribution in [0.4, 0.5) is 0 Å². The fourth-order valence-corrected chi connectivity index (χ4v) is 5.77. The van der Waals surface area contributed by atoms with Crippen molar-refractivity contribution in [2.45, 2.75) is 43.6 Å². The molecule has 2 atom stereocenters. The van der Waals surface area contributed by atoms with Crippen molar-refractivity contribution in [3.05, 3.63) is 104 Å². The summed E-state index contributed by atoms with van der Waals surface area (Å²) in [5.74, 6) is 1.51. The summed E-state index contributed by atoms with van der Waals surface area (Å²) in [4.78, 5) is 11.1. The highest BCUT2D eigenvalue weighted by atomic mass is 35.5. The second-order valence-electron chi connectivity index (χ2n) is 9.59. The van der Waals surface area contributed by atoms with E-state index in [0.717, 1.165) is 41.7 Å². The van der Waals surface area contributed by atoms with Crippen molar-refractivity contribution in [3.63, 3.8) is 0 Å². The summed E-state index contributed by atoms with van der Waals surface area (Å²) in [7, 11) is 0. The predicted octanol–water partition coefficient (Wildman–Crippen LogP) is 8.73. The summed E-state index contributed by atoms with van der Waals surface area (Å²) >= 11 is 19.6. The third-order valence-corrected chi connectivity index (χ3v) is 8.05. The Balaban J connectivity index is 1.19. The minimum absolute atomic E-state index is 0.254. The van der Waals surface area contributed by atoms with Gasteiger partial charge >= 0.3 is 5.97 Å². The summed E-state index contributed by atoms with van der Waals surface area (Å²) < 4.78 is 11.9. The van der Waals surface area contributed by atoms with Gasteiger partial charge in [0, 0.05) is 16.5 Å². The van der Waals surface area contributed by atoms with Crippen LogP contribution >= 0.6 is 34.8 Å². The molecular weight excluding hydrogens is 533 g/mol. The van der Waals surface area contributed by atoms with Gasteiger partial charge in [0.15, 0.2) is 0 Å². The first kappa shape index (κ1) is 24.4. The first-order chi connectivity index (χ1) is 17.9. The minimum atomic E-state index is -0.921. The molecule has 188 valence electrons. The molecule has 4 aromatic rings. The monoisotopic (exact) mass is 553 g/mol. The molecule has 0 amide bonds. The van der Waals surface area contributed by atoms with E-state index in [2.05, 4.69) is 5.16 Å². The molecule has 2 fully saturated rings. The first-order valence-electron chi connectivity index (χ1n) is 12.1. The maximum Gasteiger partial charge on any atom is 0.335 e. The number of carboxylic acids is 1. The zero-order valence-electron chi connectivity index (χ0n) is 19.6. The van der Waals surface area contributed by atoms with Gasteiger partial charge in [0.1, 0.15) is 23.8 Å². The van der Waals surface area contributed by atoms with Crippen LogP contribution in [0.3, 0.4) is 0 Å². The number of hydrogen-bond donors (Lipinski definition) is 1. The number of aromatic carboxylic acids is 1. The molecule has 2 aliphatic carbocycles. The summed E-state index contributed by atoms with van der Waals surface area (Å²) in [5, 5.41) is 15.1. The average Bonchev–Trinajstić information content (AvgIpc) is 3.81. The van der Waals surface area contributed by atoms with Gasteiger partial charge in [-0.1, -0.05) is 64.2 Å². The van der Waals surface area contributed by atoms with Crippen LogP contribution in [0.25, 0.3) is 11.3 Å². The molecule has 0 saturated heterocycles. The van der Waals surface area contributed by atoms with Crippen LogP contribution in [0.5, 0.6) is 5.75 Å². The normalized spacial score (nSPS) is 18.6. The van der Waals surface area contributed by atoms with Crippen molar-refractivity contribution in [1.29, 1.82) is 0 Å². The number of nitrogens with zero attached hydrogens (tertiary/aromatic N) is 1. The quantitative estimate of drug-likeness (QED) is 0.236. The highest BCUT2D eigenvalue weighted by Crippen LogP contribution is 2.56. The van der Waals surface area contributed by atoms with Gasteiger partial charge in [0.2, 0.25) is 0 Å². The Morgan fingerprint density at radius 1 is 0.973 bits per heavy atom. The third-order valence-electron chi connectivity index (χ3n) is 7.10. The first-order valence-corrected chi connectivity index (χ1v) is 13.2. The minimum Gasteiger partial charge on any atom is -0.489 e. The lowest BCUT2D eigenvalue weighted by atomic mass is 10.0. The lowest BCUT2D eigenvalue weighted by Gasteiger charge is -2.11. The van der Waals surface area contributed by atoms with E-state index < -0.39 is 5.97 Å². The number of ether oxygens (including phenoxy) is 1. The molecule has 3 aromatic carbocycles. The maximum absolute atomic E-state index is 11.1. The van der Waals surface area contributed by atoms with Crippen LogP contribution in [0.2, 0.25) is 15.1 Å². The fraction of sp³-hybridized carbons (Fsp3) is 0.241. The van der Waals surface area contributed by atoms with Crippen LogP contribution in [-0.2, 0) is 6.61 Å². The maximum atomic E-state index is 11.1. The fourth-order valence-electron chi connectivity index (χ4n) is 4.88. The zero-order valence-corrected chi connectivity index (χ0v) is 21.9. The second-order valence-corrected chi connectivity index (χ2v) is 10.8. The Labute approximate surface area is 228 Å². The highest BCUT2D eigenvalue weighted by Gasteiger charge is 2.40. The van der Waals surface area contributed by atoms with Crippen molar-refractivity contribution in [2.75, 3.05) is 0 Å². The van der Waals surface area contributed by atoms with E-state index >= 15 is 0 Å². The third kappa shape index (κ3) is 4.84. The molecule has 0 unspecified atom stereocenters. The summed E-state index contributed by atoms with van der Waals surface area (Å²) in [6.07, 6.45) is 3.08. The number of hydrogen-bond acceptors (Lipinski definition) is 4. The molecule has 37 heavy (non-hydrogen) atoms. The van der Waals surface area contributed by atoms with Gasteiger partial charge in [-0.05, 0) is 78.6 Å². The molecule has 1 N–H and O–H groups in total. The van der Waals surface area contributed by atoms with Gasteiger partial charge in [-0.25, -0.2) is 4.79 Å². The van der Waals surface area contributed by atoms with E-state index in [-0.39, 0.29) is 12.2 Å². The molecule has 6 rings (SSSR count). The van der Waals surface area contributed by atoms with E-state index in [4.69, 9.17) is 49.2 Å². The molecule has 1 heterocycles. The smallest absolute Gasteiger partial charge is 0.335 e. The lowest BCUT2D eigenvalue weighted by Crippen LogP contribution is -2.00. The predicted molar refractivity (Wildman–Crippen MR) is 143 cm³/mol. The van der Waals surface area contributed by atoms with E-state index in [0.29, 0.717) is 49.8 Å². The molecule has 0 bridgehead atoms. The van der Waals surface area contributed by atoms with Crippen LogP contribution in [-0.4, -0.2) is 16.2 Å². The Hall–Kier alpha value is -2.99. The molecule has 2 saturated carbocycles. The molecule has 2 aliphatic rings. The molecule has 5 nitrogen and oxygen atoms in total. The Kier molecular flexibility index (Phi) is 6.39. The Bertz CT molecular complexity index is 1470. The van der Waals surface area contributed by atoms with Crippen molar-refractivity contribution in [2.24, 2.45) is 0 Å². The lowest BCUT2D eigenvalue weighted by molar-refractivity contribution is 0.0697. The van der Waals surface area contributed by atoms with Crippen LogP contribution in [0, 0.1) is 0 Å². The summed E-state index contributed by atoms with van der Waals surface area (Å²) in [6, 6.07) is 18.2. The van der Waals surface area contributed by atoms with E-state index in [1.807, 2.05) is 30.3 Å². The van der Waals surface area contributed by atoms with Gasteiger partial charge < -0.3 is 14.4 Å². The van der Waals surface area contributed by atoms with Gasteiger partial charge in [-0.2, -0.15) is 0 Å². The van der Waals surface area contributed by atoms with E-state index in [1.165, 1.54) is 0 Å². The number of rotatable bonds is 8. The number of halogens is 3. The zero-order chi connectivity index (χ0) is 25.7. The largest absolute Gasteiger partial charge is 0.489 e. The summed E-state index contributed by atoms with van der Waals surface area (Å²) in [6.45, 7) is 0.254. The Morgan fingerprint density at radius 3 is 2.35 bits per heavy atom. The van der Waals surface area contributed by atoms with Crippen LogP contribution < -0.4 is 4.74 Å². The number of benzene rings is 3. The van der Waals surface area contributed by atoms with Crippen molar-refractivity contribution >= 4 is 40.8 Å². The van der Waals surface area contributed by atoms with Crippen molar-refractivity contribution < 1.29 is 19.2 Å². The molecule has 1 aromatic heterocycles. The number of carboxylic acid groups (broad SMARTS) is 1. The standard InChI is InChI=1S/C29H22Cl3NO4/c30-23-2-1-3-24(31)26(23)27-22(28(37-33-27)16-6-7-16)14-36-18-10-11-19(25(32)12-18)21-13-20(21)15-4-8-17(9-5-15)29(34)35/h1-5,8-12,16,20-21H,6-7,13-14H2,(H,34,35)/t20-,21+/m0/s1. The average molecular weight is 555 g/mol. The second kappa shape index (κ2) is 9.71. The SMILES string of the molecule is O=C(O)c1ccc([C@@H]2C[C@@H]2c2ccc(OCc3c(-c4c(Cl)cccc4Cl)noc3C3CC3)cc2Cl)cc1. The number of carbonyl (C=O) groups is 1. The van der Waals surface area contributed by atoms with E-state index in [1.54, 1.807) is 30.3 Å². The Morgan fingerprint density at radius 2 is 1.70 bits per heavy atom. The van der Waals surface area contributed by atoms with Gasteiger partial charge in [0.05, 0.1) is 21.2 Å². The molecule has 0 radical (unpaired) electrons. The van der Waals surface area contributed by atoms with Crippen molar-refractivity contribution in [1.82, 2.24) is 5.16 Å². The molecule has 0 spiro atoms. The highest BCUT2D eigenvalue weighted by molar-refractivity contribution is 6.39. The van der Waals surface area contributed by atoms with Crippen molar-refractivity contribution in [3.8, 4) is 17.0 Å². The molecule has 0 aliphatic heterocycles. The molecular formula is C29H22Cl3NO4. The van der Waals surface area contributed by atoms with Crippen LogP contribution in [0.1, 0.15) is 69.8 Å². The van der Waals surface area contributed by atoms with Crippen LogP contribution in [0.15, 0.2) is 65.2 Å². The van der Waals surface area contributed by atoms with Gasteiger partial charge in [0.25, 0.3) is 0 Å². The molecule has 8 heteroatoms. The topological polar surface area (TPSA) is 72.6 Å². The van der Waals surface area contributed by atoms with E-state index in [9.17, 15) is 4.79 Å². The number of aromatic nitrogens is 1. The van der Waals surface area contributed by atoms with Gasteiger partial charge in [-0.3, -0.25) is 0 Å². The van der Waals surface area contributed by atoms with Gasteiger partial charge in [-0.15, -0.1) is 0 Å².